The quantitative estimate of drug-likeness (QED) is 0.741. The van der Waals surface area contributed by atoms with Crippen LogP contribution in [0.1, 0.15) is 32.8 Å². The largest absolute Gasteiger partial charge is 0.398 e. The van der Waals surface area contributed by atoms with E-state index in [0.29, 0.717) is 10.7 Å². The molecule has 0 spiro atoms. The maximum Gasteiger partial charge on any atom is 0.0656 e. The fourth-order valence-corrected chi connectivity index (χ4v) is 2.67. The minimum absolute atomic E-state index is 0.646. The molecular weight excluding hydrogens is 270 g/mol. The Bertz CT molecular complexity index is 416. The fraction of sp³-hybridized carbons (Fsp3) is 0.625. The van der Waals surface area contributed by atoms with Crippen LogP contribution in [0, 0.1) is 6.92 Å². The molecule has 3 nitrogen and oxygen atoms in total. The summed E-state index contributed by atoms with van der Waals surface area (Å²) in [6, 6.07) is 3.96. The van der Waals surface area contributed by atoms with Crippen LogP contribution in [0.4, 0.5) is 11.4 Å². The van der Waals surface area contributed by atoms with Crippen LogP contribution in [-0.4, -0.2) is 37.6 Å². The molecule has 1 aromatic rings. The highest BCUT2D eigenvalue weighted by Crippen LogP contribution is 2.29. The summed E-state index contributed by atoms with van der Waals surface area (Å²) in [6.07, 6.45) is 1.16. The maximum absolute atomic E-state index is 6.16. The number of hydrogen-bond donors (Lipinski definition) is 1. The zero-order valence-corrected chi connectivity index (χ0v) is 14.0. The lowest BCUT2D eigenvalue weighted by Gasteiger charge is -2.27. The van der Waals surface area contributed by atoms with Gasteiger partial charge in [0.05, 0.1) is 10.7 Å². The summed E-state index contributed by atoms with van der Waals surface area (Å²) in [5.74, 6) is 0. The first-order valence-electron chi connectivity index (χ1n) is 7.56. The summed E-state index contributed by atoms with van der Waals surface area (Å²) in [7, 11) is 0. The number of nitrogen functional groups attached to an aromatic ring is 1. The van der Waals surface area contributed by atoms with Gasteiger partial charge in [-0.25, -0.2) is 0 Å². The zero-order chi connectivity index (χ0) is 15.1. The Morgan fingerprint density at radius 2 is 1.70 bits per heavy atom. The topological polar surface area (TPSA) is 32.5 Å². The number of aryl methyl sites for hydroxylation is 1. The van der Waals surface area contributed by atoms with Gasteiger partial charge in [-0.1, -0.05) is 25.4 Å². The second-order valence-electron chi connectivity index (χ2n) is 5.12. The van der Waals surface area contributed by atoms with Crippen molar-refractivity contribution < 1.29 is 0 Å². The number of benzene rings is 1. The molecule has 0 amide bonds. The molecule has 4 heteroatoms. The average molecular weight is 298 g/mol. The second kappa shape index (κ2) is 8.38. The van der Waals surface area contributed by atoms with Crippen molar-refractivity contribution in [2.75, 3.05) is 43.4 Å². The van der Waals surface area contributed by atoms with E-state index in [1.807, 2.05) is 12.1 Å². The third-order valence-electron chi connectivity index (χ3n) is 3.83. The van der Waals surface area contributed by atoms with E-state index in [-0.39, 0.29) is 0 Å². The van der Waals surface area contributed by atoms with Crippen molar-refractivity contribution in [1.82, 2.24) is 4.90 Å². The van der Waals surface area contributed by atoms with E-state index in [0.717, 1.165) is 39.1 Å². The summed E-state index contributed by atoms with van der Waals surface area (Å²) in [6.45, 7) is 14.1. The molecule has 0 atom stereocenters. The molecule has 0 saturated carbocycles. The van der Waals surface area contributed by atoms with Gasteiger partial charge in [-0.3, -0.25) is 0 Å². The first kappa shape index (κ1) is 17.1. The normalized spacial score (nSPS) is 11.1. The predicted molar refractivity (Wildman–Crippen MR) is 90.9 cm³/mol. The predicted octanol–water partition coefficient (Wildman–Crippen LogP) is 3.79. The Hall–Kier alpha value is -0.930. The van der Waals surface area contributed by atoms with Crippen LogP contribution in [-0.2, 0) is 0 Å². The first-order chi connectivity index (χ1) is 9.53. The van der Waals surface area contributed by atoms with Gasteiger partial charge in [-0.15, -0.1) is 0 Å². The van der Waals surface area contributed by atoms with Crippen LogP contribution in [0.15, 0.2) is 12.1 Å². The van der Waals surface area contributed by atoms with E-state index in [4.69, 9.17) is 17.3 Å². The number of nitrogens with zero attached hydrogens (tertiary/aromatic N) is 2. The number of rotatable bonds is 8. The van der Waals surface area contributed by atoms with E-state index >= 15 is 0 Å². The Kier molecular flexibility index (Phi) is 7.17. The van der Waals surface area contributed by atoms with Gasteiger partial charge in [-0.2, -0.15) is 0 Å². The van der Waals surface area contributed by atoms with Gasteiger partial charge >= 0.3 is 0 Å². The van der Waals surface area contributed by atoms with Crippen molar-refractivity contribution in [1.29, 1.82) is 0 Å². The Balaban J connectivity index is 2.69. The lowest BCUT2D eigenvalue weighted by molar-refractivity contribution is 0.301. The number of anilines is 2. The fourth-order valence-electron chi connectivity index (χ4n) is 2.51. The molecule has 0 aliphatic heterocycles. The lowest BCUT2D eigenvalue weighted by atomic mass is 10.1. The number of hydrogen-bond acceptors (Lipinski definition) is 3. The van der Waals surface area contributed by atoms with E-state index in [1.165, 1.54) is 11.3 Å². The van der Waals surface area contributed by atoms with Gasteiger partial charge in [0.1, 0.15) is 0 Å². The number of nitrogens with two attached hydrogens (primary N) is 1. The summed E-state index contributed by atoms with van der Waals surface area (Å²) in [4.78, 5) is 4.83. The molecule has 0 bridgehead atoms. The van der Waals surface area contributed by atoms with Crippen molar-refractivity contribution in [3.8, 4) is 0 Å². The molecule has 0 heterocycles. The molecular formula is C16H28ClN3. The molecule has 2 N–H and O–H groups in total. The number of halogens is 1. The Morgan fingerprint density at radius 1 is 1.05 bits per heavy atom. The van der Waals surface area contributed by atoms with Crippen LogP contribution < -0.4 is 10.6 Å². The zero-order valence-electron chi connectivity index (χ0n) is 13.2. The Morgan fingerprint density at radius 3 is 2.25 bits per heavy atom. The standard InChI is InChI=1S/C16H28ClN3/c1-5-19(6-2)9-8-10-20(7-3)16-12-14(17)15(18)11-13(16)4/h11-12H,5-10,18H2,1-4H3. The SMILES string of the molecule is CCN(CC)CCCN(CC)c1cc(Cl)c(N)cc1C. The summed E-state index contributed by atoms with van der Waals surface area (Å²) < 4.78 is 0. The van der Waals surface area contributed by atoms with Crippen LogP contribution in [0.25, 0.3) is 0 Å². The molecule has 0 fully saturated rings. The van der Waals surface area contributed by atoms with Gasteiger partial charge < -0.3 is 15.5 Å². The third-order valence-corrected chi connectivity index (χ3v) is 4.16. The summed E-state index contributed by atoms with van der Waals surface area (Å²) in [5, 5.41) is 0.646. The highest BCUT2D eigenvalue weighted by Gasteiger charge is 2.10. The third kappa shape index (κ3) is 4.57. The highest BCUT2D eigenvalue weighted by atomic mass is 35.5. The molecule has 114 valence electrons. The van der Waals surface area contributed by atoms with Gasteiger partial charge in [0, 0.05) is 18.8 Å². The molecule has 0 aliphatic carbocycles. The van der Waals surface area contributed by atoms with Crippen LogP contribution >= 0.6 is 11.6 Å². The van der Waals surface area contributed by atoms with Crippen molar-refractivity contribution in [3.05, 3.63) is 22.7 Å². The maximum atomic E-state index is 6.16. The molecule has 20 heavy (non-hydrogen) atoms. The molecule has 0 radical (unpaired) electrons. The van der Waals surface area contributed by atoms with E-state index in [9.17, 15) is 0 Å². The minimum Gasteiger partial charge on any atom is -0.398 e. The van der Waals surface area contributed by atoms with Gasteiger partial charge in [0.2, 0.25) is 0 Å². The highest BCUT2D eigenvalue weighted by molar-refractivity contribution is 6.33. The van der Waals surface area contributed by atoms with E-state index < -0.39 is 0 Å². The van der Waals surface area contributed by atoms with Crippen LogP contribution in [0.3, 0.4) is 0 Å². The van der Waals surface area contributed by atoms with Gasteiger partial charge in [0.25, 0.3) is 0 Å². The van der Waals surface area contributed by atoms with Crippen molar-refractivity contribution in [2.45, 2.75) is 34.1 Å². The second-order valence-corrected chi connectivity index (χ2v) is 5.53. The molecule has 0 saturated heterocycles. The van der Waals surface area contributed by atoms with Crippen LogP contribution in [0.5, 0.6) is 0 Å². The summed E-state index contributed by atoms with van der Waals surface area (Å²) >= 11 is 6.16. The first-order valence-corrected chi connectivity index (χ1v) is 7.94. The van der Waals surface area contributed by atoms with E-state index in [1.54, 1.807) is 0 Å². The van der Waals surface area contributed by atoms with Crippen molar-refractivity contribution in [2.24, 2.45) is 0 Å². The molecule has 1 aromatic carbocycles. The van der Waals surface area contributed by atoms with Gasteiger partial charge in [0.15, 0.2) is 0 Å². The molecule has 0 aromatic heterocycles. The summed E-state index contributed by atoms with van der Waals surface area (Å²) in [5.41, 5.74) is 8.90. The monoisotopic (exact) mass is 297 g/mol. The van der Waals surface area contributed by atoms with Crippen molar-refractivity contribution >= 4 is 23.0 Å². The van der Waals surface area contributed by atoms with Crippen LogP contribution in [0.2, 0.25) is 5.02 Å². The lowest BCUT2D eigenvalue weighted by Crippen LogP contribution is -2.30. The molecule has 0 unspecified atom stereocenters. The van der Waals surface area contributed by atoms with Crippen molar-refractivity contribution in [3.63, 3.8) is 0 Å². The smallest absolute Gasteiger partial charge is 0.0656 e. The molecule has 1 rings (SSSR count). The van der Waals surface area contributed by atoms with E-state index in [2.05, 4.69) is 37.5 Å². The average Bonchev–Trinajstić information content (AvgIpc) is 2.44. The molecule has 0 aliphatic rings. The minimum atomic E-state index is 0.646. The van der Waals surface area contributed by atoms with Gasteiger partial charge in [-0.05, 0) is 57.6 Å². The Labute approximate surface area is 128 Å².